The minimum absolute atomic E-state index is 0.0487. The first-order valence-corrected chi connectivity index (χ1v) is 9.27. The van der Waals surface area contributed by atoms with Gasteiger partial charge in [0.25, 0.3) is 0 Å². The number of nitrogens with one attached hydrogen (secondary N) is 2. The fourth-order valence-corrected chi connectivity index (χ4v) is 4.67. The van der Waals surface area contributed by atoms with Crippen LogP contribution < -0.4 is 10.6 Å². The van der Waals surface area contributed by atoms with E-state index in [1.54, 1.807) is 0 Å². The van der Waals surface area contributed by atoms with E-state index in [1.165, 1.54) is 0 Å². The second-order valence-electron chi connectivity index (χ2n) is 5.78. The molecule has 1 amide bonds. The molecule has 0 aliphatic carbocycles. The highest BCUT2D eigenvalue weighted by Gasteiger charge is 2.30. The number of nitrogens with zero attached hydrogens (tertiary/aromatic N) is 1. The van der Waals surface area contributed by atoms with Crippen molar-refractivity contribution in [3.8, 4) is 0 Å². The average Bonchev–Trinajstić information content (AvgIpc) is 2.98. The molecule has 0 aromatic carbocycles. The van der Waals surface area contributed by atoms with E-state index in [-0.39, 0.29) is 23.5 Å². The number of rotatable bonds is 6. The van der Waals surface area contributed by atoms with Gasteiger partial charge in [-0.25, -0.2) is 8.42 Å². The van der Waals surface area contributed by atoms with Crippen LogP contribution in [0, 0.1) is 0 Å². The summed E-state index contributed by atoms with van der Waals surface area (Å²) in [7, 11) is -2.93. The van der Waals surface area contributed by atoms with Crippen LogP contribution >= 0.6 is 0 Å². The van der Waals surface area contributed by atoms with Crippen molar-refractivity contribution in [1.29, 1.82) is 0 Å². The van der Waals surface area contributed by atoms with E-state index in [0.29, 0.717) is 19.0 Å². The summed E-state index contributed by atoms with van der Waals surface area (Å²) in [5.74, 6) is 0.244. The zero-order chi connectivity index (χ0) is 14.6. The molecule has 0 saturated carbocycles. The van der Waals surface area contributed by atoms with Gasteiger partial charge in [0.1, 0.15) is 0 Å². The molecule has 2 N–H and O–H groups in total. The Bertz CT molecular complexity index is 432. The molecular formula is C13H25N3O3S. The number of sulfone groups is 1. The van der Waals surface area contributed by atoms with Crippen molar-refractivity contribution in [3.05, 3.63) is 0 Å². The monoisotopic (exact) mass is 303 g/mol. The SMILES string of the molecule is CCCN(CC(=O)NC1CCS(=O)(=O)C1)C1CCNC1. The van der Waals surface area contributed by atoms with Gasteiger partial charge in [-0.2, -0.15) is 0 Å². The Labute approximate surface area is 121 Å². The molecule has 0 aromatic rings. The summed E-state index contributed by atoms with van der Waals surface area (Å²) in [6.45, 7) is 5.33. The van der Waals surface area contributed by atoms with E-state index in [0.717, 1.165) is 32.5 Å². The maximum Gasteiger partial charge on any atom is 0.234 e. The molecule has 2 fully saturated rings. The van der Waals surface area contributed by atoms with Gasteiger partial charge in [-0.1, -0.05) is 6.92 Å². The number of carbonyl (C=O) groups is 1. The van der Waals surface area contributed by atoms with Crippen LogP contribution in [0.4, 0.5) is 0 Å². The van der Waals surface area contributed by atoms with Crippen molar-refractivity contribution < 1.29 is 13.2 Å². The molecule has 2 aliphatic rings. The fraction of sp³-hybridized carbons (Fsp3) is 0.923. The third-order valence-electron chi connectivity index (χ3n) is 4.01. The molecule has 2 aliphatic heterocycles. The zero-order valence-corrected chi connectivity index (χ0v) is 12.9. The highest BCUT2D eigenvalue weighted by atomic mass is 32.2. The topological polar surface area (TPSA) is 78.5 Å². The van der Waals surface area contributed by atoms with E-state index >= 15 is 0 Å². The minimum Gasteiger partial charge on any atom is -0.351 e. The molecule has 2 atom stereocenters. The lowest BCUT2D eigenvalue weighted by atomic mass is 10.2. The van der Waals surface area contributed by atoms with Crippen LogP contribution in [0.3, 0.4) is 0 Å². The Balaban J connectivity index is 1.82. The molecule has 6 nitrogen and oxygen atoms in total. The van der Waals surface area contributed by atoms with Crippen molar-refractivity contribution >= 4 is 15.7 Å². The molecular weight excluding hydrogens is 278 g/mol. The summed E-state index contributed by atoms with van der Waals surface area (Å²) in [6.07, 6.45) is 2.64. The lowest BCUT2D eigenvalue weighted by molar-refractivity contribution is -0.123. The van der Waals surface area contributed by atoms with Crippen LogP contribution in [0.2, 0.25) is 0 Å². The van der Waals surface area contributed by atoms with Crippen LogP contribution in [0.1, 0.15) is 26.2 Å². The molecule has 0 spiro atoms. The molecule has 2 saturated heterocycles. The van der Waals surface area contributed by atoms with Crippen molar-refractivity contribution in [2.24, 2.45) is 0 Å². The van der Waals surface area contributed by atoms with E-state index in [2.05, 4.69) is 22.5 Å². The van der Waals surface area contributed by atoms with Crippen molar-refractivity contribution in [2.45, 2.75) is 38.3 Å². The van der Waals surface area contributed by atoms with Gasteiger partial charge in [-0.3, -0.25) is 9.69 Å². The molecule has 20 heavy (non-hydrogen) atoms. The molecule has 7 heteroatoms. The molecule has 2 heterocycles. The molecule has 2 unspecified atom stereocenters. The van der Waals surface area contributed by atoms with E-state index in [4.69, 9.17) is 0 Å². The predicted molar refractivity (Wildman–Crippen MR) is 78.3 cm³/mol. The highest BCUT2D eigenvalue weighted by molar-refractivity contribution is 7.91. The normalized spacial score (nSPS) is 28.9. The van der Waals surface area contributed by atoms with E-state index in [1.807, 2.05) is 0 Å². The third kappa shape index (κ3) is 4.43. The quantitative estimate of drug-likeness (QED) is 0.683. The van der Waals surface area contributed by atoms with Gasteiger partial charge >= 0.3 is 0 Å². The lowest BCUT2D eigenvalue weighted by Gasteiger charge is -2.27. The lowest BCUT2D eigenvalue weighted by Crippen LogP contribution is -2.47. The van der Waals surface area contributed by atoms with Crippen LogP contribution in [0.5, 0.6) is 0 Å². The zero-order valence-electron chi connectivity index (χ0n) is 12.1. The van der Waals surface area contributed by atoms with Gasteiger partial charge in [0.05, 0.1) is 18.1 Å². The maximum atomic E-state index is 12.1. The highest BCUT2D eigenvalue weighted by Crippen LogP contribution is 2.12. The Kier molecular flexibility index (Phi) is 5.40. The van der Waals surface area contributed by atoms with Crippen LogP contribution in [-0.4, -0.2) is 69.0 Å². The van der Waals surface area contributed by atoms with Gasteiger partial charge in [-0.15, -0.1) is 0 Å². The van der Waals surface area contributed by atoms with Crippen molar-refractivity contribution in [2.75, 3.05) is 37.7 Å². The van der Waals surface area contributed by atoms with Crippen molar-refractivity contribution in [3.63, 3.8) is 0 Å². The van der Waals surface area contributed by atoms with Gasteiger partial charge in [0, 0.05) is 18.6 Å². The smallest absolute Gasteiger partial charge is 0.234 e. The first kappa shape index (κ1) is 15.7. The first-order chi connectivity index (χ1) is 9.50. The van der Waals surface area contributed by atoms with Crippen LogP contribution in [-0.2, 0) is 14.6 Å². The first-order valence-electron chi connectivity index (χ1n) is 7.44. The number of amides is 1. The molecule has 0 bridgehead atoms. The number of hydrogen-bond donors (Lipinski definition) is 2. The van der Waals surface area contributed by atoms with Crippen molar-refractivity contribution in [1.82, 2.24) is 15.5 Å². The average molecular weight is 303 g/mol. The maximum absolute atomic E-state index is 12.1. The molecule has 0 radical (unpaired) electrons. The van der Waals surface area contributed by atoms with Crippen LogP contribution in [0.15, 0.2) is 0 Å². The third-order valence-corrected chi connectivity index (χ3v) is 5.77. The fourth-order valence-electron chi connectivity index (χ4n) is 3.00. The number of hydrogen-bond acceptors (Lipinski definition) is 5. The molecule has 116 valence electrons. The van der Waals surface area contributed by atoms with E-state index in [9.17, 15) is 13.2 Å². The van der Waals surface area contributed by atoms with E-state index < -0.39 is 9.84 Å². The Morgan fingerprint density at radius 3 is 2.75 bits per heavy atom. The molecule has 0 aromatic heterocycles. The molecule has 2 rings (SSSR count). The second-order valence-corrected chi connectivity index (χ2v) is 8.01. The van der Waals surface area contributed by atoms with Gasteiger partial charge in [0.15, 0.2) is 9.84 Å². The predicted octanol–water partition coefficient (Wildman–Crippen LogP) is -0.636. The summed E-state index contributed by atoms with van der Waals surface area (Å²) in [5.41, 5.74) is 0. The van der Waals surface area contributed by atoms with Gasteiger partial charge in [0.2, 0.25) is 5.91 Å². The minimum atomic E-state index is -2.93. The Morgan fingerprint density at radius 2 is 2.20 bits per heavy atom. The second kappa shape index (κ2) is 6.87. The van der Waals surface area contributed by atoms with Gasteiger partial charge in [-0.05, 0) is 32.4 Å². The standard InChI is InChI=1S/C13H25N3O3S/c1-2-6-16(12-3-5-14-8-12)9-13(17)15-11-4-7-20(18,19)10-11/h11-12,14H,2-10H2,1H3,(H,15,17). The summed E-state index contributed by atoms with van der Waals surface area (Å²) in [4.78, 5) is 14.3. The Morgan fingerprint density at radius 1 is 1.40 bits per heavy atom. The largest absolute Gasteiger partial charge is 0.351 e. The number of carbonyl (C=O) groups excluding carboxylic acids is 1. The van der Waals surface area contributed by atoms with Gasteiger partial charge < -0.3 is 10.6 Å². The summed E-state index contributed by atoms with van der Waals surface area (Å²) in [5, 5.41) is 6.18. The summed E-state index contributed by atoms with van der Waals surface area (Å²) < 4.78 is 22.8. The van der Waals surface area contributed by atoms with Crippen LogP contribution in [0.25, 0.3) is 0 Å². The Hall–Kier alpha value is -0.660. The summed E-state index contributed by atoms with van der Waals surface area (Å²) >= 11 is 0. The summed E-state index contributed by atoms with van der Waals surface area (Å²) in [6, 6.07) is 0.227.